The molecule has 0 amide bonds. The summed E-state index contributed by atoms with van der Waals surface area (Å²) in [6, 6.07) is 0. The summed E-state index contributed by atoms with van der Waals surface area (Å²) < 4.78 is 5.88. The number of halogens is 1. The Kier molecular flexibility index (Phi) is 10.0. The van der Waals surface area contributed by atoms with Crippen LogP contribution in [0.25, 0.3) is 0 Å². The third kappa shape index (κ3) is 7.86. The van der Waals surface area contributed by atoms with E-state index in [1.807, 2.05) is 19.7 Å². The Labute approximate surface area is 116 Å². The molecule has 0 aliphatic carbocycles. The van der Waals surface area contributed by atoms with Gasteiger partial charge in [-0.3, -0.25) is 0 Å². The maximum atomic E-state index is 11.8. The molecule has 0 saturated carbocycles. The zero-order valence-electron chi connectivity index (χ0n) is 11.2. The fraction of sp³-hybridized carbons (Fsp3) is 0.769. The summed E-state index contributed by atoms with van der Waals surface area (Å²) in [6.07, 6.45) is 5.40. The van der Waals surface area contributed by atoms with Crippen molar-refractivity contribution in [2.24, 2.45) is 0 Å². The number of carbonyl (C=O) groups is 1. The molecular weight excluding hydrogens is 303 g/mol. The van der Waals surface area contributed by atoms with Gasteiger partial charge in [0.25, 0.3) is 0 Å². The second kappa shape index (κ2) is 9.99. The number of hydrogen-bond acceptors (Lipinski definition) is 2. The third-order valence-electron chi connectivity index (χ3n) is 2.23. The molecule has 0 heterocycles. The van der Waals surface area contributed by atoms with E-state index in [9.17, 15) is 4.79 Å². The van der Waals surface area contributed by atoms with Gasteiger partial charge in [0, 0.05) is 0 Å². The summed E-state index contributed by atoms with van der Waals surface area (Å²) in [5.74, 6) is 1.77. The van der Waals surface area contributed by atoms with Crippen LogP contribution in [0.2, 0.25) is 5.82 Å². The van der Waals surface area contributed by atoms with Crippen molar-refractivity contribution in [3.05, 3.63) is 9.50 Å². The molecule has 4 heteroatoms. The zero-order valence-corrected chi connectivity index (χ0v) is 13.7. The van der Waals surface area contributed by atoms with Crippen LogP contribution < -0.4 is 0 Å². The number of rotatable bonds is 8. The van der Waals surface area contributed by atoms with E-state index in [1.54, 1.807) is 0 Å². The first-order chi connectivity index (χ1) is 8.02. The molecule has 0 aromatic heterocycles. The van der Waals surface area contributed by atoms with Crippen LogP contribution in [-0.4, -0.2) is 27.0 Å². The minimum atomic E-state index is -0.233. The fourth-order valence-corrected chi connectivity index (χ4v) is 3.13. The molecule has 100 valence electrons. The second-order valence-electron chi connectivity index (χ2n) is 4.20. The van der Waals surface area contributed by atoms with E-state index in [4.69, 9.17) is 16.3 Å². The molecule has 0 rings (SSSR count). The van der Waals surface area contributed by atoms with Crippen molar-refractivity contribution in [1.82, 2.24) is 0 Å². The van der Waals surface area contributed by atoms with Crippen LogP contribution in [0.3, 0.4) is 0 Å². The molecule has 17 heavy (non-hydrogen) atoms. The number of hydrogen-bond donors (Lipinski definition) is 0. The monoisotopic (exact) mass is 326 g/mol. The predicted octanol–water partition coefficient (Wildman–Crippen LogP) is 4.11. The van der Waals surface area contributed by atoms with Crippen molar-refractivity contribution in [2.45, 2.75) is 64.8 Å². The summed E-state index contributed by atoms with van der Waals surface area (Å²) in [6.45, 7) is 5.89. The first kappa shape index (κ1) is 17.0. The standard InChI is InChI=1S/C13H23ClO2Se/c1-5-6-7-8-9-11(14)12(17-4)13(15)16-10(2)3/h10H,5-9H2,1-4H3/b12-11-. The van der Waals surface area contributed by atoms with Gasteiger partial charge in [0.2, 0.25) is 0 Å². The number of allylic oxidation sites excluding steroid dienone is 1. The molecule has 0 aliphatic rings. The number of unbranched alkanes of at least 4 members (excludes halogenated alkanes) is 3. The summed E-state index contributed by atoms with van der Waals surface area (Å²) in [5.41, 5.74) is 0. The van der Waals surface area contributed by atoms with Crippen molar-refractivity contribution in [2.75, 3.05) is 0 Å². The van der Waals surface area contributed by atoms with Crippen molar-refractivity contribution >= 4 is 32.5 Å². The maximum absolute atomic E-state index is 11.8. The molecule has 0 saturated heterocycles. The average Bonchev–Trinajstić information content (AvgIpc) is 2.24. The van der Waals surface area contributed by atoms with E-state index in [-0.39, 0.29) is 27.0 Å². The Bertz CT molecular complexity index is 262. The second-order valence-corrected chi connectivity index (χ2v) is 6.37. The van der Waals surface area contributed by atoms with Gasteiger partial charge in [-0.2, -0.15) is 0 Å². The Balaban J connectivity index is 4.32. The molecule has 0 bridgehead atoms. The Morgan fingerprint density at radius 2 is 1.94 bits per heavy atom. The van der Waals surface area contributed by atoms with Crippen LogP contribution >= 0.6 is 11.6 Å². The molecule has 2 nitrogen and oxygen atoms in total. The van der Waals surface area contributed by atoms with Crippen molar-refractivity contribution < 1.29 is 9.53 Å². The number of esters is 1. The molecule has 0 fully saturated rings. The summed E-state index contributed by atoms with van der Waals surface area (Å²) in [5, 5.41) is 0.703. The molecule has 0 spiro atoms. The normalized spacial score (nSPS) is 12.6. The summed E-state index contributed by atoms with van der Waals surface area (Å²) in [7, 11) is 0. The van der Waals surface area contributed by atoms with Crippen LogP contribution in [0.15, 0.2) is 9.50 Å². The molecule has 0 atom stereocenters. The van der Waals surface area contributed by atoms with Crippen molar-refractivity contribution in [3.63, 3.8) is 0 Å². The van der Waals surface area contributed by atoms with E-state index in [2.05, 4.69) is 6.92 Å². The first-order valence-electron chi connectivity index (χ1n) is 6.16. The van der Waals surface area contributed by atoms with Crippen molar-refractivity contribution in [3.8, 4) is 0 Å². The summed E-state index contributed by atoms with van der Waals surface area (Å²) >= 11 is 6.29. The van der Waals surface area contributed by atoms with E-state index in [1.165, 1.54) is 19.3 Å². The minimum absolute atomic E-state index is 0.0793. The van der Waals surface area contributed by atoms with Crippen LogP contribution in [0.1, 0.15) is 52.9 Å². The molecule has 0 aromatic carbocycles. The molecule has 0 radical (unpaired) electrons. The van der Waals surface area contributed by atoms with Gasteiger partial charge in [0.05, 0.1) is 0 Å². The van der Waals surface area contributed by atoms with Gasteiger partial charge in [-0.15, -0.1) is 0 Å². The molecule has 0 unspecified atom stereocenters. The van der Waals surface area contributed by atoms with Gasteiger partial charge < -0.3 is 0 Å². The molecular formula is C13H23ClO2Se. The van der Waals surface area contributed by atoms with E-state index in [0.29, 0.717) is 9.50 Å². The number of ether oxygens (including phenoxy) is 1. The van der Waals surface area contributed by atoms with Gasteiger partial charge in [-0.05, 0) is 0 Å². The average molecular weight is 326 g/mol. The van der Waals surface area contributed by atoms with Gasteiger partial charge in [0.15, 0.2) is 0 Å². The zero-order chi connectivity index (χ0) is 13.3. The predicted molar refractivity (Wildman–Crippen MR) is 74.5 cm³/mol. The SMILES string of the molecule is CCCCCC/C(Cl)=C(/[Se]C)C(=O)OC(C)C. The number of carbonyl (C=O) groups excluding carboxylic acids is 1. The van der Waals surface area contributed by atoms with Crippen LogP contribution in [0, 0.1) is 0 Å². The Hall–Kier alpha value is 0.0195. The van der Waals surface area contributed by atoms with Gasteiger partial charge in [-0.1, -0.05) is 0 Å². The van der Waals surface area contributed by atoms with E-state index in [0.717, 1.165) is 12.8 Å². The summed E-state index contributed by atoms with van der Waals surface area (Å²) in [4.78, 5) is 11.8. The molecule has 0 aliphatic heterocycles. The van der Waals surface area contributed by atoms with E-state index < -0.39 is 0 Å². The third-order valence-corrected chi connectivity index (χ3v) is 4.58. The van der Waals surface area contributed by atoms with Crippen LogP contribution in [0.5, 0.6) is 0 Å². The van der Waals surface area contributed by atoms with Gasteiger partial charge >= 0.3 is 116 Å². The molecule has 0 N–H and O–H groups in total. The van der Waals surface area contributed by atoms with Crippen LogP contribution in [0.4, 0.5) is 0 Å². The topological polar surface area (TPSA) is 26.3 Å². The van der Waals surface area contributed by atoms with Crippen LogP contribution in [-0.2, 0) is 9.53 Å². The van der Waals surface area contributed by atoms with Crippen molar-refractivity contribution in [1.29, 1.82) is 0 Å². The fourth-order valence-electron chi connectivity index (χ4n) is 1.39. The Morgan fingerprint density at radius 1 is 1.29 bits per heavy atom. The Morgan fingerprint density at radius 3 is 2.41 bits per heavy atom. The first-order valence-corrected chi connectivity index (χ1v) is 9.11. The van der Waals surface area contributed by atoms with Gasteiger partial charge in [0.1, 0.15) is 0 Å². The molecule has 0 aromatic rings. The van der Waals surface area contributed by atoms with E-state index >= 15 is 0 Å². The van der Waals surface area contributed by atoms with Gasteiger partial charge in [-0.25, -0.2) is 0 Å². The quantitative estimate of drug-likeness (QED) is 0.290.